The molecule has 144 valence electrons. The molecule has 2 aromatic rings. The quantitative estimate of drug-likeness (QED) is 0.419. The third-order valence-electron chi connectivity index (χ3n) is 4.16. The molecule has 27 heavy (non-hydrogen) atoms. The zero-order chi connectivity index (χ0) is 19.5. The first-order valence-electron chi connectivity index (χ1n) is 9.30. The van der Waals surface area contributed by atoms with Crippen LogP contribution >= 0.6 is 0 Å². The summed E-state index contributed by atoms with van der Waals surface area (Å²) in [5.74, 6) is -1.68. The number of hydrogen-bond donors (Lipinski definition) is 0. The minimum atomic E-state index is -0.686. The molecule has 0 aliphatic heterocycles. The Labute approximate surface area is 159 Å². The van der Waals surface area contributed by atoms with Gasteiger partial charge in [0.15, 0.2) is 0 Å². The second-order valence-electron chi connectivity index (χ2n) is 6.26. The van der Waals surface area contributed by atoms with E-state index in [2.05, 4.69) is 6.92 Å². The predicted octanol–water partition coefficient (Wildman–Crippen LogP) is 5.31. The largest absolute Gasteiger partial charge is 0.462 e. The van der Waals surface area contributed by atoms with Crippen LogP contribution in [0.3, 0.4) is 0 Å². The number of rotatable bonds is 10. The second-order valence-corrected chi connectivity index (χ2v) is 6.26. The number of halogens is 1. The summed E-state index contributed by atoms with van der Waals surface area (Å²) in [6.07, 6.45) is 5.25. The maximum atomic E-state index is 13.6. The molecule has 2 rings (SSSR count). The number of esters is 2. The molecule has 0 saturated carbocycles. The lowest BCUT2D eigenvalue weighted by molar-refractivity contribution is 0.0433. The first kappa shape index (κ1) is 20.6. The highest BCUT2D eigenvalue weighted by molar-refractivity contribution is 6.03. The van der Waals surface area contributed by atoms with E-state index >= 15 is 0 Å². The summed E-state index contributed by atoms with van der Waals surface area (Å²) in [4.78, 5) is 24.6. The maximum absolute atomic E-state index is 13.6. The summed E-state index contributed by atoms with van der Waals surface area (Å²) in [5.41, 5.74) is 0.549. The number of carbonyl (C=O) groups is 2. The highest BCUT2D eigenvalue weighted by Gasteiger charge is 2.19. The van der Waals surface area contributed by atoms with Crippen molar-refractivity contribution in [2.75, 3.05) is 6.61 Å². The van der Waals surface area contributed by atoms with Gasteiger partial charge in [-0.1, -0.05) is 62.9 Å². The molecule has 0 bridgehead atoms. The molecule has 0 spiro atoms. The molecule has 0 atom stereocenters. The number of carbonyl (C=O) groups excluding carboxylic acids is 2. The second kappa shape index (κ2) is 11.1. The van der Waals surface area contributed by atoms with Crippen LogP contribution < -0.4 is 0 Å². The monoisotopic (exact) mass is 372 g/mol. The lowest BCUT2D eigenvalue weighted by Crippen LogP contribution is -2.14. The Morgan fingerprint density at radius 3 is 2.07 bits per heavy atom. The average molecular weight is 372 g/mol. The summed E-state index contributed by atoms with van der Waals surface area (Å²) < 4.78 is 24.1. The van der Waals surface area contributed by atoms with Crippen LogP contribution in [-0.4, -0.2) is 18.5 Å². The van der Waals surface area contributed by atoms with E-state index in [-0.39, 0.29) is 23.3 Å². The van der Waals surface area contributed by atoms with E-state index in [1.165, 1.54) is 24.6 Å². The SMILES string of the molecule is CCCCCCCOC(=O)c1ccccc1C(=O)OCc1ccccc1F. The van der Waals surface area contributed by atoms with Crippen LogP contribution in [0.1, 0.15) is 65.3 Å². The van der Waals surface area contributed by atoms with Gasteiger partial charge in [-0.3, -0.25) is 0 Å². The van der Waals surface area contributed by atoms with E-state index in [9.17, 15) is 14.0 Å². The molecule has 0 amide bonds. The van der Waals surface area contributed by atoms with Crippen LogP contribution in [0.2, 0.25) is 0 Å². The normalized spacial score (nSPS) is 10.4. The molecule has 0 unspecified atom stereocenters. The van der Waals surface area contributed by atoms with Gasteiger partial charge in [-0.2, -0.15) is 0 Å². The zero-order valence-electron chi connectivity index (χ0n) is 15.6. The Morgan fingerprint density at radius 2 is 1.41 bits per heavy atom. The topological polar surface area (TPSA) is 52.6 Å². The lowest BCUT2D eigenvalue weighted by Gasteiger charge is -2.10. The van der Waals surface area contributed by atoms with Gasteiger partial charge >= 0.3 is 11.9 Å². The third kappa shape index (κ3) is 6.51. The molecule has 0 radical (unpaired) electrons. The van der Waals surface area contributed by atoms with Crippen molar-refractivity contribution in [1.29, 1.82) is 0 Å². The van der Waals surface area contributed by atoms with Gasteiger partial charge in [-0.25, -0.2) is 14.0 Å². The first-order chi connectivity index (χ1) is 13.1. The van der Waals surface area contributed by atoms with Gasteiger partial charge in [-0.15, -0.1) is 0 Å². The maximum Gasteiger partial charge on any atom is 0.339 e. The van der Waals surface area contributed by atoms with E-state index in [4.69, 9.17) is 9.47 Å². The molecule has 2 aromatic carbocycles. The molecule has 0 saturated heterocycles. The summed E-state index contributed by atoms with van der Waals surface area (Å²) >= 11 is 0. The van der Waals surface area contributed by atoms with E-state index in [1.807, 2.05) is 0 Å². The number of ether oxygens (including phenoxy) is 2. The number of hydrogen-bond acceptors (Lipinski definition) is 4. The van der Waals surface area contributed by atoms with E-state index in [1.54, 1.807) is 30.3 Å². The Balaban J connectivity index is 1.92. The van der Waals surface area contributed by atoms with Crippen LogP contribution in [-0.2, 0) is 16.1 Å². The van der Waals surface area contributed by atoms with Crippen molar-refractivity contribution in [3.8, 4) is 0 Å². The molecular weight excluding hydrogens is 347 g/mol. The van der Waals surface area contributed by atoms with Crippen molar-refractivity contribution in [1.82, 2.24) is 0 Å². The standard InChI is InChI=1S/C22H25FO4/c1-2-3-4-5-10-15-26-21(24)18-12-7-8-13-19(18)22(25)27-16-17-11-6-9-14-20(17)23/h6-9,11-14H,2-5,10,15-16H2,1H3. The van der Waals surface area contributed by atoms with Crippen LogP contribution in [0, 0.1) is 5.82 Å². The average Bonchev–Trinajstić information content (AvgIpc) is 2.69. The molecule has 0 heterocycles. The molecule has 0 N–H and O–H groups in total. The van der Waals surface area contributed by atoms with Crippen LogP contribution in [0.15, 0.2) is 48.5 Å². The predicted molar refractivity (Wildman–Crippen MR) is 101 cm³/mol. The van der Waals surface area contributed by atoms with Crippen molar-refractivity contribution in [3.05, 3.63) is 71.0 Å². The van der Waals surface area contributed by atoms with Crippen molar-refractivity contribution in [3.63, 3.8) is 0 Å². The summed E-state index contributed by atoms with van der Waals surface area (Å²) in [7, 11) is 0. The fraction of sp³-hybridized carbons (Fsp3) is 0.364. The van der Waals surface area contributed by atoms with Crippen LogP contribution in [0.5, 0.6) is 0 Å². The van der Waals surface area contributed by atoms with Gasteiger partial charge in [0.25, 0.3) is 0 Å². The Kier molecular flexibility index (Phi) is 8.49. The van der Waals surface area contributed by atoms with Gasteiger partial charge in [0.2, 0.25) is 0 Å². The lowest BCUT2D eigenvalue weighted by atomic mass is 10.1. The van der Waals surface area contributed by atoms with Gasteiger partial charge < -0.3 is 9.47 Å². The smallest absolute Gasteiger partial charge is 0.339 e. The Morgan fingerprint density at radius 1 is 0.815 bits per heavy atom. The van der Waals surface area contributed by atoms with E-state index in [0.29, 0.717) is 6.61 Å². The third-order valence-corrected chi connectivity index (χ3v) is 4.16. The fourth-order valence-corrected chi connectivity index (χ4v) is 2.62. The summed E-state index contributed by atoms with van der Waals surface area (Å²) in [6, 6.07) is 12.4. The molecule has 0 aromatic heterocycles. The van der Waals surface area contributed by atoms with Crippen LogP contribution in [0.4, 0.5) is 4.39 Å². The highest BCUT2D eigenvalue weighted by Crippen LogP contribution is 2.15. The minimum absolute atomic E-state index is 0.116. The van der Waals surface area contributed by atoms with Gasteiger partial charge in [-0.05, 0) is 24.6 Å². The highest BCUT2D eigenvalue weighted by atomic mass is 19.1. The number of benzene rings is 2. The Hall–Kier alpha value is -2.69. The minimum Gasteiger partial charge on any atom is -0.462 e. The van der Waals surface area contributed by atoms with Crippen molar-refractivity contribution < 1.29 is 23.5 Å². The molecule has 4 nitrogen and oxygen atoms in total. The van der Waals surface area contributed by atoms with Gasteiger partial charge in [0.05, 0.1) is 17.7 Å². The summed E-state index contributed by atoms with van der Waals surface area (Å²) in [5, 5.41) is 0. The Bertz CT molecular complexity index is 757. The molecular formula is C22H25FO4. The molecule has 0 fully saturated rings. The number of unbranched alkanes of at least 4 members (excludes halogenated alkanes) is 4. The van der Waals surface area contributed by atoms with Crippen LogP contribution in [0.25, 0.3) is 0 Å². The molecule has 0 aliphatic rings. The zero-order valence-corrected chi connectivity index (χ0v) is 15.6. The van der Waals surface area contributed by atoms with E-state index in [0.717, 1.165) is 25.7 Å². The van der Waals surface area contributed by atoms with Crippen molar-refractivity contribution in [2.45, 2.75) is 45.6 Å². The van der Waals surface area contributed by atoms with E-state index < -0.39 is 17.8 Å². The first-order valence-corrected chi connectivity index (χ1v) is 9.30. The summed E-state index contributed by atoms with van der Waals surface area (Å²) in [6.45, 7) is 2.26. The van der Waals surface area contributed by atoms with Gasteiger partial charge in [0, 0.05) is 5.56 Å². The van der Waals surface area contributed by atoms with Crippen molar-refractivity contribution in [2.24, 2.45) is 0 Å². The molecule has 5 heteroatoms. The van der Waals surface area contributed by atoms with Gasteiger partial charge in [0.1, 0.15) is 12.4 Å². The van der Waals surface area contributed by atoms with Crippen molar-refractivity contribution >= 4 is 11.9 Å². The molecule has 0 aliphatic carbocycles. The fourth-order valence-electron chi connectivity index (χ4n) is 2.62.